The molecule has 0 bridgehead atoms. The number of thiophene rings is 1. The lowest BCUT2D eigenvalue weighted by Gasteiger charge is -2.10. The molecular formula is C22H17ClN4O2S. The summed E-state index contributed by atoms with van der Waals surface area (Å²) in [5, 5.41) is 13.6. The van der Waals surface area contributed by atoms with E-state index < -0.39 is 0 Å². The average Bonchev–Trinajstić information content (AvgIpc) is 3.46. The van der Waals surface area contributed by atoms with Gasteiger partial charge in [0.05, 0.1) is 11.9 Å². The SMILES string of the molecule is O=C(N/N=C/c1cccs1)c1cc(-c2ccccc2OCc2ccc(Cl)cc2)n[nH]1. The largest absolute Gasteiger partial charge is 0.488 e. The number of carbonyl (C=O) groups is 1. The van der Waals surface area contributed by atoms with E-state index in [0.29, 0.717) is 28.8 Å². The Morgan fingerprint density at radius 1 is 1.17 bits per heavy atom. The molecule has 0 spiro atoms. The van der Waals surface area contributed by atoms with Gasteiger partial charge in [-0.15, -0.1) is 11.3 Å². The highest BCUT2D eigenvalue weighted by Crippen LogP contribution is 2.29. The van der Waals surface area contributed by atoms with Gasteiger partial charge in [0.2, 0.25) is 0 Å². The standard InChI is InChI=1S/C22H17ClN4O2S/c23-16-9-7-15(8-10-16)14-29-21-6-2-1-5-18(21)19-12-20(26-25-19)22(28)27-24-13-17-4-3-11-30-17/h1-13H,14H2,(H,25,26)(H,27,28)/b24-13+. The fraction of sp³-hybridized carbons (Fsp3) is 0.0455. The number of aromatic amines is 1. The smallest absolute Gasteiger partial charge is 0.289 e. The van der Waals surface area contributed by atoms with E-state index in [-0.39, 0.29) is 5.91 Å². The minimum atomic E-state index is -0.374. The molecule has 0 unspecified atom stereocenters. The van der Waals surface area contributed by atoms with E-state index in [2.05, 4.69) is 20.7 Å². The maximum atomic E-state index is 12.3. The van der Waals surface area contributed by atoms with Crippen molar-refractivity contribution in [2.45, 2.75) is 6.61 Å². The molecule has 2 heterocycles. The molecule has 4 aromatic rings. The van der Waals surface area contributed by atoms with Gasteiger partial charge in [-0.25, -0.2) is 5.43 Å². The Hall–Kier alpha value is -3.42. The maximum Gasteiger partial charge on any atom is 0.289 e. The molecule has 2 N–H and O–H groups in total. The van der Waals surface area contributed by atoms with Crippen LogP contribution in [-0.4, -0.2) is 22.3 Å². The first-order valence-electron chi connectivity index (χ1n) is 9.08. The van der Waals surface area contributed by atoms with E-state index in [1.54, 1.807) is 12.3 Å². The molecule has 8 heteroatoms. The van der Waals surface area contributed by atoms with Crippen LogP contribution in [0.1, 0.15) is 20.9 Å². The van der Waals surface area contributed by atoms with Gasteiger partial charge < -0.3 is 4.74 Å². The van der Waals surface area contributed by atoms with Crippen LogP contribution in [0.15, 0.2) is 77.2 Å². The summed E-state index contributed by atoms with van der Waals surface area (Å²) in [6, 6.07) is 20.5. The number of rotatable bonds is 7. The number of para-hydroxylation sites is 1. The molecule has 0 saturated heterocycles. The highest BCUT2D eigenvalue weighted by atomic mass is 35.5. The second kappa shape index (κ2) is 9.39. The maximum absolute atomic E-state index is 12.3. The molecule has 2 aromatic carbocycles. The summed E-state index contributed by atoms with van der Waals surface area (Å²) in [7, 11) is 0. The summed E-state index contributed by atoms with van der Waals surface area (Å²) < 4.78 is 5.97. The molecule has 30 heavy (non-hydrogen) atoms. The quantitative estimate of drug-likeness (QED) is 0.311. The number of halogens is 1. The Morgan fingerprint density at radius 2 is 2.00 bits per heavy atom. The topological polar surface area (TPSA) is 79.4 Å². The first-order chi connectivity index (χ1) is 14.7. The van der Waals surface area contributed by atoms with Gasteiger partial charge >= 0.3 is 0 Å². The van der Waals surface area contributed by atoms with Crippen LogP contribution < -0.4 is 10.2 Å². The highest BCUT2D eigenvalue weighted by Gasteiger charge is 2.13. The van der Waals surface area contributed by atoms with E-state index >= 15 is 0 Å². The van der Waals surface area contributed by atoms with Gasteiger partial charge in [0.15, 0.2) is 0 Å². The van der Waals surface area contributed by atoms with E-state index in [9.17, 15) is 4.79 Å². The van der Waals surface area contributed by atoms with Gasteiger partial charge in [-0.3, -0.25) is 9.89 Å². The number of carbonyl (C=O) groups excluding carboxylic acids is 1. The summed E-state index contributed by atoms with van der Waals surface area (Å²) >= 11 is 7.46. The van der Waals surface area contributed by atoms with E-state index in [4.69, 9.17) is 16.3 Å². The zero-order chi connectivity index (χ0) is 20.8. The third kappa shape index (κ3) is 4.94. The van der Waals surface area contributed by atoms with E-state index in [0.717, 1.165) is 16.0 Å². The zero-order valence-electron chi connectivity index (χ0n) is 15.7. The highest BCUT2D eigenvalue weighted by molar-refractivity contribution is 7.11. The van der Waals surface area contributed by atoms with Crippen molar-refractivity contribution in [1.29, 1.82) is 0 Å². The number of hydrazone groups is 1. The van der Waals surface area contributed by atoms with E-state index in [1.165, 1.54) is 11.3 Å². The number of hydrogen-bond acceptors (Lipinski definition) is 5. The predicted molar refractivity (Wildman–Crippen MR) is 119 cm³/mol. The van der Waals surface area contributed by atoms with Crippen molar-refractivity contribution >= 4 is 35.1 Å². The number of aromatic nitrogens is 2. The van der Waals surface area contributed by atoms with Gasteiger partial charge in [0.25, 0.3) is 5.91 Å². The zero-order valence-corrected chi connectivity index (χ0v) is 17.3. The molecule has 1 amide bonds. The molecule has 0 aliphatic heterocycles. The number of amides is 1. The third-order valence-corrected chi connectivity index (χ3v) is 5.25. The van der Waals surface area contributed by atoms with Gasteiger partial charge in [0, 0.05) is 15.5 Å². The first kappa shape index (κ1) is 19.9. The summed E-state index contributed by atoms with van der Waals surface area (Å²) in [6.45, 7) is 0.392. The fourth-order valence-electron chi connectivity index (χ4n) is 2.70. The van der Waals surface area contributed by atoms with Crippen LogP contribution in [0.4, 0.5) is 0 Å². The summed E-state index contributed by atoms with van der Waals surface area (Å²) in [4.78, 5) is 13.3. The van der Waals surface area contributed by atoms with Crippen molar-refractivity contribution in [2.75, 3.05) is 0 Å². The van der Waals surface area contributed by atoms with E-state index in [1.807, 2.05) is 66.0 Å². The van der Waals surface area contributed by atoms with Gasteiger partial charge in [-0.2, -0.15) is 10.2 Å². The summed E-state index contributed by atoms with van der Waals surface area (Å²) in [5.41, 5.74) is 5.18. The minimum absolute atomic E-state index is 0.306. The predicted octanol–water partition coefficient (Wildman–Crippen LogP) is 5.13. The second-order valence-corrected chi connectivity index (χ2v) is 7.71. The van der Waals surface area contributed by atoms with Crippen LogP contribution in [-0.2, 0) is 6.61 Å². The molecule has 0 aliphatic rings. The van der Waals surface area contributed by atoms with Gasteiger partial charge in [0.1, 0.15) is 18.1 Å². The average molecular weight is 437 g/mol. The van der Waals surface area contributed by atoms with Crippen molar-refractivity contribution < 1.29 is 9.53 Å². The van der Waals surface area contributed by atoms with Crippen LogP contribution in [0.2, 0.25) is 5.02 Å². The summed E-state index contributed by atoms with van der Waals surface area (Å²) in [5.74, 6) is 0.294. The van der Waals surface area contributed by atoms with Crippen molar-refractivity contribution in [1.82, 2.24) is 15.6 Å². The molecule has 0 fully saturated rings. The minimum Gasteiger partial charge on any atom is -0.488 e. The van der Waals surface area contributed by atoms with Crippen molar-refractivity contribution in [2.24, 2.45) is 5.10 Å². The molecule has 0 aliphatic carbocycles. The lowest BCUT2D eigenvalue weighted by atomic mass is 10.1. The van der Waals surface area contributed by atoms with Crippen LogP contribution in [0.5, 0.6) is 5.75 Å². The Morgan fingerprint density at radius 3 is 2.80 bits per heavy atom. The number of H-pyrrole nitrogens is 1. The molecule has 0 radical (unpaired) electrons. The molecule has 0 atom stereocenters. The normalized spacial score (nSPS) is 11.0. The number of benzene rings is 2. The molecular weight excluding hydrogens is 420 g/mol. The number of hydrogen-bond donors (Lipinski definition) is 2. The second-order valence-electron chi connectivity index (χ2n) is 6.29. The monoisotopic (exact) mass is 436 g/mol. The lowest BCUT2D eigenvalue weighted by Crippen LogP contribution is -2.17. The molecule has 2 aromatic heterocycles. The number of nitrogens with one attached hydrogen (secondary N) is 2. The fourth-order valence-corrected chi connectivity index (χ4v) is 3.41. The number of ether oxygens (including phenoxy) is 1. The Balaban J connectivity index is 1.45. The van der Waals surface area contributed by atoms with Crippen LogP contribution in [0, 0.1) is 0 Å². The van der Waals surface area contributed by atoms with Crippen LogP contribution >= 0.6 is 22.9 Å². The van der Waals surface area contributed by atoms with Gasteiger partial charge in [-0.1, -0.05) is 41.9 Å². The Bertz CT molecular complexity index is 1150. The molecule has 6 nitrogen and oxygen atoms in total. The van der Waals surface area contributed by atoms with Gasteiger partial charge in [-0.05, 0) is 47.3 Å². The van der Waals surface area contributed by atoms with Crippen molar-refractivity contribution in [3.63, 3.8) is 0 Å². The molecule has 0 saturated carbocycles. The Kier molecular flexibility index (Phi) is 6.22. The Labute approximate surface area is 182 Å². The molecule has 4 rings (SSSR count). The number of nitrogens with zero attached hydrogens (tertiary/aromatic N) is 2. The molecule has 150 valence electrons. The first-order valence-corrected chi connectivity index (χ1v) is 10.3. The van der Waals surface area contributed by atoms with Crippen molar-refractivity contribution in [3.05, 3.63) is 93.3 Å². The van der Waals surface area contributed by atoms with Crippen LogP contribution in [0.3, 0.4) is 0 Å². The van der Waals surface area contributed by atoms with Crippen LogP contribution in [0.25, 0.3) is 11.3 Å². The third-order valence-electron chi connectivity index (χ3n) is 4.19. The van der Waals surface area contributed by atoms with Crippen molar-refractivity contribution in [3.8, 4) is 17.0 Å². The lowest BCUT2D eigenvalue weighted by molar-refractivity contribution is 0.0950. The summed E-state index contributed by atoms with van der Waals surface area (Å²) in [6.07, 6.45) is 1.60.